The van der Waals surface area contributed by atoms with Gasteiger partial charge in [0, 0.05) is 11.5 Å². The predicted octanol–water partition coefficient (Wildman–Crippen LogP) is 3.95. The van der Waals surface area contributed by atoms with E-state index in [0.29, 0.717) is 24.5 Å². The largest absolute Gasteiger partial charge is 0.490 e. The fourth-order valence-electron chi connectivity index (χ4n) is 2.99. The highest BCUT2D eigenvalue weighted by molar-refractivity contribution is 7.91. The number of ether oxygens (including phenoxy) is 2. The van der Waals surface area contributed by atoms with Gasteiger partial charge in [0.1, 0.15) is 36.4 Å². The fraction of sp³-hybridized carbons (Fsp3) is 0.250. The first-order valence-corrected chi connectivity index (χ1v) is 13.1. The van der Waals surface area contributed by atoms with Gasteiger partial charge in [-0.15, -0.1) is 0 Å². The number of amides is 1. The van der Waals surface area contributed by atoms with E-state index < -0.39 is 15.7 Å². The van der Waals surface area contributed by atoms with E-state index in [1.54, 1.807) is 24.3 Å². The highest BCUT2D eigenvalue weighted by Crippen LogP contribution is 2.19. The van der Waals surface area contributed by atoms with Gasteiger partial charge in [-0.1, -0.05) is 25.1 Å². The van der Waals surface area contributed by atoms with Crippen molar-refractivity contribution in [1.29, 1.82) is 5.26 Å². The lowest BCUT2D eigenvalue weighted by molar-refractivity contribution is -0.112. The maximum Gasteiger partial charge on any atom is 0.268 e. The van der Waals surface area contributed by atoms with Gasteiger partial charge in [0.15, 0.2) is 0 Å². The van der Waals surface area contributed by atoms with Crippen LogP contribution in [0.1, 0.15) is 23.6 Å². The third-order valence-corrected chi connectivity index (χ3v) is 6.90. The lowest BCUT2D eigenvalue weighted by Crippen LogP contribution is -2.13. The second-order valence-electron chi connectivity index (χ2n) is 7.50. The second kappa shape index (κ2) is 11.6. The first-order chi connectivity index (χ1) is 16.7. The third kappa shape index (κ3) is 7.37. The molecule has 182 valence electrons. The molecule has 0 radical (unpaired) electrons. The zero-order chi connectivity index (χ0) is 25.4. The van der Waals surface area contributed by atoms with E-state index in [2.05, 4.69) is 20.7 Å². The molecule has 0 fully saturated rings. The minimum atomic E-state index is -3.58. The number of anilines is 1. The van der Waals surface area contributed by atoms with E-state index in [1.807, 2.05) is 32.0 Å². The summed E-state index contributed by atoms with van der Waals surface area (Å²) in [5.74, 6) is 0.547. The van der Waals surface area contributed by atoms with E-state index in [1.165, 1.54) is 13.0 Å². The Balaban J connectivity index is 1.55. The molecule has 0 saturated heterocycles. The summed E-state index contributed by atoms with van der Waals surface area (Å²) in [7, 11) is -3.58. The molecular formula is C24H24N4O5S2. The standard InChI is InChI=1S/C24H24N4O5S2/c1-4-35(30,31)24-27-23(34-28-24)26-22(29)19(15-25)14-18-5-7-20(8-6-18)32-9-10-33-21-12-16(2)11-17(3)13-21/h5-8,11-14H,4,9-10H2,1-3H3,(H,26,27,28,29)/b19-14-. The number of hydrogen-bond acceptors (Lipinski definition) is 9. The number of rotatable bonds is 10. The number of hydrogen-bond donors (Lipinski definition) is 1. The first-order valence-electron chi connectivity index (χ1n) is 10.6. The van der Waals surface area contributed by atoms with Crippen LogP contribution in [0.4, 0.5) is 5.13 Å². The molecule has 0 aliphatic carbocycles. The van der Waals surface area contributed by atoms with Gasteiger partial charge in [-0.25, -0.2) is 8.42 Å². The SMILES string of the molecule is CCS(=O)(=O)c1nsc(NC(=O)/C(C#N)=C\c2ccc(OCCOc3cc(C)cc(C)c3)cc2)n1. The summed E-state index contributed by atoms with van der Waals surface area (Å²) in [6, 6.07) is 14.7. The molecule has 0 saturated carbocycles. The Kier molecular flexibility index (Phi) is 8.57. The van der Waals surface area contributed by atoms with Crippen LogP contribution in [-0.4, -0.2) is 42.6 Å². The lowest BCUT2D eigenvalue weighted by Gasteiger charge is -2.10. The number of carbonyl (C=O) groups is 1. The van der Waals surface area contributed by atoms with Gasteiger partial charge < -0.3 is 9.47 Å². The number of aromatic nitrogens is 2. The van der Waals surface area contributed by atoms with Gasteiger partial charge in [0.25, 0.3) is 11.1 Å². The topological polar surface area (TPSA) is 131 Å². The maximum absolute atomic E-state index is 12.4. The summed E-state index contributed by atoms with van der Waals surface area (Å²) in [4.78, 5) is 16.2. The van der Waals surface area contributed by atoms with Crippen molar-refractivity contribution in [3.8, 4) is 17.6 Å². The molecule has 3 aromatic rings. The Bertz CT molecular complexity index is 1350. The average molecular weight is 513 g/mol. The van der Waals surface area contributed by atoms with Gasteiger partial charge in [-0.05, 0) is 60.9 Å². The molecule has 1 amide bonds. The van der Waals surface area contributed by atoms with Gasteiger partial charge in [0.05, 0.1) is 5.75 Å². The fourth-order valence-corrected chi connectivity index (χ4v) is 4.57. The number of aryl methyl sites for hydroxylation is 2. The van der Waals surface area contributed by atoms with E-state index in [0.717, 1.165) is 28.4 Å². The van der Waals surface area contributed by atoms with Gasteiger partial charge in [0.2, 0.25) is 15.0 Å². The molecule has 0 unspecified atom stereocenters. The average Bonchev–Trinajstić information content (AvgIpc) is 3.30. The summed E-state index contributed by atoms with van der Waals surface area (Å²) >= 11 is 0.730. The van der Waals surface area contributed by atoms with E-state index in [-0.39, 0.29) is 21.6 Å². The highest BCUT2D eigenvalue weighted by Gasteiger charge is 2.20. The second-order valence-corrected chi connectivity index (χ2v) is 10.4. The number of nitrogens with one attached hydrogen (secondary N) is 1. The number of sulfone groups is 1. The van der Waals surface area contributed by atoms with Crippen LogP contribution in [0.3, 0.4) is 0 Å². The zero-order valence-electron chi connectivity index (χ0n) is 19.4. The van der Waals surface area contributed by atoms with Crippen molar-refractivity contribution in [1.82, 2.24) is 9.36 Å². The van der Waals surface area contributed by atoms with Crippen molar-refractivity contribution < 1.29 is 22.7 Å². The van der Waals surface area contributed by atoms with Gasteiger partial charge in [-0.2, -0.15) is 14.6 Å². The van der Waals surface area contributed by atoms with Crippen molar-refractivity contribution in [2.75, 3.05) is 24.3 Å². The normalized spacial score (nSPS) is 11.5. The number of benzene rings is 2. The Labute approximate surface area is 208 Å². The lowest BCUT2D eigenvalue weighted by atomic mass is 10.1. The van der Waals surface area contributed by atoms with Crippen LogP contribution in [0.2, 0.25) is 0 Å². The van der Waals surface area contributed by atoms with Crippen molar-refractivity contribution in [2.24, 2.45) is 0 Å². The number of nitrogens with zero attached hydrogens (tertiary/aromatic N) is 3. The molecule has 0 bridgehead atoms. The molecule has 1 N–H and O–H groups in total. The highest BCUT2D eigenvalue weighted by atomic mass is 32.2. The zero-order valence-corrected chi connectivity index (χ0v) is 21.1. The van der Waals surface area contributed by atoms with Crippen LogP contribution in [0.5, 0.6) is 11.5 Å². The summed E-state index contributed by atoms with van der Waals surface area (Å²) in [6.07, 6.45) is 1.41. The molecule has 0 spiro atoms. The molecule has 1 heterocycles. The molecule has 0 aliphatic heterocycles. The maximum atomic E-state index is 12.4. The monoisotopic (exact) mass is 512 g/mol. The summed E-state index contributed by atoms with van der Waals surface area (Å²) in [5, 5.41) is 11.4. The Morgan fingerprint density at radius 2 is 1.71 bits per heavy atom. The van der Waals surface area contributed by atoms with E-state index >= 15 is 0 Å². The quantitative estimate of drug-likeness (QED) is 0.245. The summed E-state index contributed by atoms with van der Waals surface area (Å²) in [5.41, 5.74) is 2.71. The van der Waals surface area contributed by atoms with Gasteiger partial charge in [-0.3, -0.25) is 10.1 Å². The molecular weight excluding hydrogens is 488 g/mol. The molecule has 9 nitrogen and oxygen atoms in total. The smallest absolute Gasteiger partial charge is 0.268 e. The summed E-state index contributed by atoms with van der Waals surface area (Å²) < 4.78 is 38.8. The van der Waals surface area contributed by atoms with Gasteiger partial charge >= 0.3 is 0 Å². The number of nitriles is 1. The molecule has 35 heavy (non-hydrogen) atoms. The minimum absolute atomic E-state index is 0.00466. The first kappa shape index (κ1) is 25.9. The van der Waals surface area contributed by atoms with Crippen molar-refractivity contribution >= 4 is 38.5 Å². The van der Waals surface area contributed by atoms with Crippen molar-refractivity contribution in [3.63, 3.8) is 0 Å². The summed E-state index contributed by atoms with van der Waals surface area (Å²) in [6.45, 7) is 6.24. The van der Waals surface area contributed by atoms with Crippen molar-refractivity contribution in [3.05, 3.63) is 64.7 Å². The minimum Gasteiger partial charge on any atom is -0.490 e. The van der Waals surface area contributed by atoms with Crippen LogP contribution < -0.4 is 14.8 Å². The molecule has 3 rings (SSSR count). The van der Waals surface area contributed by atoms with E-state index in [4.69, 9.17) is 9.47 Å². The molecule has 2 aromatic carbocycles. The van der Waals surface area contributed by atoms with E-state index in [9.17, 15) is 18.5 Å². The molecule has 0 atom stereocenters. The van der Waals surface area contributed by atoms with Crippen molar-refractivity contribution in [2.45, 2.75) is 25.9 Å². The Hall–Kier alpha value is -3.75. The Morgan fingerprint density at radius 3 is 2.31 bits per heavy atom. The van der Waals surface area contributed by atoms with Crippen LogP contribution in [-0.2, 0) is 14.6 Å². The van der Waals surface area contributed by atoms with Crippen LogP contribution in [0.15, 0.2) is 53.2 Å². The molecule has 1 aromatic heterocycles. The van der Waals surface area contributed by atoms with Crippen LogP contribution in [0, 0.1) is 25.2 Å². The number of carbonyl (C=O) groups excluding carboxylic acids is 1. The molecule has 11 heteroatoms. The third-order valence-electron chi connectivity index (χ3n) is 4.66. The Morgan fingerprint density at radius 1 is 1.09 bits per heavy atom. The predicted molar refractivity (Wildman–Crippen MR) is 133 cm³/mol. The molecule has 0 aliphatic rings. The van der Waals surface area contributed by atoms with Crippen LogP contribution >= 0.6 is 11.5 Å². The van der Waals surface area contributed by atoms with Crippen LogP contribution in [0.25, 0.3) is 6.08 Å².